The van der Waals surface area contributed by atoms with Crippen LogP contribution >= 0.6 is 0 Å². The van der Waals surface area contributed by atoms with Crippen molar-refractivity contribution in [2.24, 2.45) is 0 Å². The van der Waals surface area contributed by atoms with Gasteiger partial charge in [-0.2, -0.15) is 0 Å². The van der Waals surface area contributed by atoms with Crippen molar-refractivity contribution in [2.75, 3.05) is 16.6 Å². The molecule has 1 heterocycles. The third kappa shape index (κ3) is 7.31. The Morgan fingerprint density at radius 2 is 1.71 bits per heavy atom. The van der Waals surface area contributed by atoms with Crippen LogP contribution in [0.25, 0.3) is 0 Å². The Morgan fingerprint density at radius 3 is 2.32 bits per heavy atom. The summed E-state index contributed by atoms with van der Waals surface area (Å²) >= 11 is 0. The van der Waals surface area contributed by atoms with Crippen molar-refractivity contribution in [3.8, 4) is 5.75 Å². The van der Waals surface area contributed by atoms with Crippen LogP contribution in [0.15, 0.2) is 53.4 Å². The zero-order chi connectivity index (χ0) is 28.1. The molecule has 9 heteroatoms. The first kappa shape index (κ1) is 29.1. The summed E-state index contributed by atoms with van der Waals surface area (Å²) in [6.07, 6.45) is 1.98. The molecule has 2 aromatic carbocycles. The first-order chi connectivity index (χ1) is 17.8. The van der Waals surface area contributed by atoms with Gasteiger partial charge in [0.05, 0.1) is 4.90 Å². The van der Waals surface area contributed by atoms with Crippen molar-refractivity contribution in [3.05, 3.63) is 71.2 Å². The maximum absolute atomic E-state index is 12.8. The molecule has 2 N–H and O–H groups in total. The molecule has 1 unspecified atom stereocenters. The van der Waals surface area contributed by atoms with Gasteiger partial charge in [-0.05, 0) is 73.9 Å². The molecule has 0 aliphatic heterocycles. The molecule has 1 aromatic heterocycles. The minimum atomic E-state index is -3.85. The van der Waals surface area contributed by atoms with Crippen LogP contribution in [0.1, 0.15) is 76.0 Å². The van der Waals surface area contributed by atoms with Gasteiger partial charge in [0.25, 0.3) is 15.9 Å². The Balaban J connectivity index is 1.67. The van der Waals surface area contributed by atoms with Crippen LogP contribution in [-0.4, -0.2) is 30.9 Å². The fraction of sp³-hybridized carbons (Fsp3) is 0.414. The first-order valence-electron chi connectivity index (χ1n) is 12.9. The number of hydrogen-bond donors (Lipinski definition) is 2. The quantitative estimate of drug-likeness (QED) is 0.305. The Bertz CT molecular complexity index is 1370. The van der Waals surface area contributed by atoms with E-state index in [1.54, 1.807) is 19.9 Å². The van der Waals surface area contributed by atoms with Crippen LogP contribution in [0.3, 0.4) is 0 Å². The van der Waals surface area contributed by atoms with E-state index in [0.717, 1.165) is 18.4 Å². The Labute approximate surface area is 226 Å². The number of aromatic nitrogens is 2. The van der Waals surface area contributed by atoms with Crippen LogP contribution in [0.4, 0.5) is 11.5 Å². The van der Waals surface area contributed by atoms with Gasteiger partial charge in [-0.3, -0.25) is 9.52 Å². The Hall–Kier alpha value is -3.46. The van der Waals surface area contributed by atoms with Crippen molar-refractivity contribution in [1.82, 2.24) is 9.97 Å². The zero-order valence-electron chi connectivity index (χ0n) is 23.3. The molecule has 0 fully saturated rings. The molecule has 1 amide bonds. The number of rotatable bonds is 11. The molecule has 8 nitrogen and oxygen atoms in total. The second-order valence-corrected chi connectivity index (χ2v) is 11.9. The highest BCUT2D eigenvalue weighted by molar-refractivity contribution is 7.92. The van der Waals surface area contributed by atoms with Gasteiger partial charge < -0.3 is 10.1 Å². The highest BCUT2D eigenvalue weighted by Gasteiger charge is 2.24. The van der Waals surface area contributed by atoms with E-state index in [0.29, 0.717) is 28.9 Å². The number of carbonyl (C=O) groups is 1. The summed E-state index contributed by atoms with van der Waals surface area (Å²) in [5.74, 6) is 1.47. The van der Waals surface area contributed by atoms with E-state index in [2.05, 4.69) is 66.8 Å². The summed E-state index contributed by atoms with van der Waals surface area (Å²) in [5.41, 5.74) is 3.37. The summed E-state index contributed by atoms with van der Waals surface area (Å²) in [5, 5.41) is 2.77. The van der Waals surface area contributed by atoms with Gasteiger partial charge in [-0.25, -0.2) is 18.4 Å². The molecule has 0 saturated heterocycles. The lowest BCUT2D eigenvalue weighted by Gasteiger charge is -2.27. The maximum atomic E-state index is 12.8. The van der Waals surface area contributed by atoms with E-state index >= 15 is 0 Å². The lowest BCUT2D eigenvalue weighted by Crippen LogP contribution is -2.23. The molecule has 0 aliphatic rings. The summed E-state index contributed by atoms with van der Waals surface area (Å²) in [4.78, 5) is 21.0. The summed E-state index contributed by atoms with van der Waals surface area (Å²) in [6.45, 7) is 14.2. The maximum Gasteiger partial charge on any atom is 0.263 e. The van der Waals surface area contributed by atoms with Crippen LogP contribution in [0.5, 0.6) is 5.75 Å². The minimum Gasteiger partial charge on any atom is -0.483 e. The third-order valence-electron chi connectivity index (χ3n) is 6.81. The zero-order valence-corrected chi connectivity index (χ0v) is 24.1. The molecule has 0 saturated carbocycles. The lowest BCUT2D eigenvalue weighted by molar-refractivity contribution is -0.118. The summed E-state index contributed by atoms with van der Waals surface area (Å²) in [7, 11) is -3.85. The van der Waals surface area contributed by atoms with Gasteiger partial charge in [-0.15, -0.1) is 0 Å². The number of nitrogens with one attached hydrogen (secondary N) is 2. The summed E-state index contributed by atoms with van der Waals surface area (Å²) < 4.78 is 33.9. The van der Waals surface area contributed by atoms with Crippen LogP contribution in [0.2, 0.25) is 0 Å². The van der Waals surface area contributed by atoms with Crippen molar-refractivity contribution in [3.63, 3.8) is 0 Å². The van der Waals surface area contributed by atoms with Crippen molar-refractivity contribution < 1.29 is 17.9 Å². The lowest BCUT2D eigenvalue weighted by atomic mass is 9.80. The number of benzene rings is 2. The average molecular weight is 539 g/mol. The summed E-state index contributed by atoms with van der Waals surface area (Å²) in [6, 6.07) is 13.7. The van der Waals surface area contributed by atoms with Gasteiger partial charge >= 0.3 is 0 Å². The van der Waals surface area contributed by atoms with Gasteiger partial charge in [0.15, 0.2) is 6.61 Å². The van der Waals surface area contributed by atoms with Crippen LogP contribution < -0.4 is 14.8 Å². The molecule has 1 atom stereocenters. The monoisotopic (exact) mass is 538 g/mol. The molecule has 0 bridgehead atoms. The van der Waals surface area contributed by atoms with E-state index < -0.39 is 10.0 Å². The molecule has 3 rings (SSSR count). The number of sulfonamides is 1. The molecule has 204 valence electrons. The number of hydrogen-bond acceptors (Lipinski definition) is 6. The SMILES string of the molecule is CCC(C)c1ccc(OCC(=O)Nc2ccc(S(=O)(=O)Nc3cc(C)nc(C)n3)cc2)c(C(C)(C)CC)c1. The molecule has 3 aromatic rings. The Morgan fingerprint density at radius 1 is 1.03 bits per heavy atom. The largest absolute Gasteiger partial charge is 0.483 e. The average Bonchev–Trinajstić information content (AvgIpc) is 2.86. The van der Waals surface area contributed by atoms with Crippen molar-refractivity contribution in [2.45, 2.75) is 77.5 Å². The smallest absolute Gasteiger partial charge is 0.263 e. The fourth-order valence-corrected chi connectivity index (χ4v) is 4.95. The predicted molar refractivity (Wildman–Crippen MR) is 151 cm³/mol. The topological polar surface area (TPSA) is 110 Å². The third-order valence-corrected chi connectivity index (χ3v) is 8.18. The highest BCUT2D eigenvalue weighted by atomic mass is 32.2. The number of carbonyl (C=O) groups excluding carboxylic acids is 1. The van der Waals surface area contributed by atoms with Gasteiger partial charge in [0.2, 0.25) is 0 Å². The second-order valence-electron chi connectivity index (χ2n) is 10.2. The Kier molecular flexibility index (Phi) is 9.14. The van der Waals surface area contributed by atoms with Crippen LogP contribution in [0, 0.1) is 13.8 Å². The van der Waals surface area contributed by atoms with Gasteiger partial charge in [0, 0.05) is 23.0 Å². The van der Waals surface area contributed by atoms with Gasteiger partial charge in [0.1, 0.15) is 17.4 Å². The standard InChI is InChI=1S/C29H38N4O4S/c1-8-19(3)22-10-15-26(25(17-22)29(6,7)9-2)37-18-28(34)32-23-11-13-24(14-12-23)38(35,36)33-27-16-20(4)30-21(5)31-27/h10-17,19H,8-9,18H2,1-7H3,(H,32,34)(H,30,31,33). The number of aryl methyl sites for hydroxylation is 2. The minimum absolute atomic E-state index is 0.0495. The molecule has 38 heavy (non-hydrogen) atoms. The number of ether oxygens (including phenoxy) is 1. The van der Waals surface area contributed by atoms with E-state index in [1.807, 2.05) is 6.07 Å². The molecule has 0 radical (unpaired) electrons. The number of amides is 1. The number of nitrogens with zero attached hydrogens (tertiary/aromatic N) is 2. The van der Waals surface area contributed by atoms with E-state index in [9.17, 15) is 13.2 Å². The second kappa shape index (κ2) is 11.9. The molecule has 0 spiro atoms. The molecule has 0 aliphatic carbocycles. The predicted octanol–water partition coefficient (Wildman–Crippen LogP) is 6.11. The van der Waals surface area contributed by atoms with Crippen molar-refractivity contribution in [1.29, 1.82) is 0 Å². The molecular weight excluding hydrogens is 500 g/mol. The first-order valence-corrected chi connectivity index (χ1v) is 14.3. The van der Waals surface area contributed by atoms with E-state index in [-0.39, 0.29) is 28.6 Å². The van der Waals surface area contributed by atoms with Crippen molar-refractivity contribution >= 4 is 27.4 Å². The normalized spacial score (nSPS) is 12.6. The van der Waals surface area contributed by atoms with E-state index in [4.69, 9.17) is 4.74 Å². The number of anilines is 2. The molecular formula is C29H38N4O4S. The highest BCUT2D eigenvalue weighted by Crippen LogP contribution is 2.37. The van der Waals surface area contributed by atoms with Gasteiger partial charge in [-0.1, -0.05) is 46.8 Å². The fourth-order valence-electron chi connectivity index (χ4n) is 3.96. The van der Waals surface area contributed by atoms with Crippen LogP contribution in [-0.2, 0) is 20.2 Å². The van der Waals surface area contributed by atoms with E-state index in [1.165, 1.54) is 29.8 Å².